The molecule has 2 aliphatic rings. The number of oxime groups is 1. The summed E-state index contributed by atoms with van der Waals surface area (Å²) in [5.41, 5.74) is 5.58. The number of allylic oxidation sites excluding steroid dienone is 1. The molecule has 0 aromatic heterocycles. The van der Waals surface area contributed by atoms with Crippen LogP contribution < -0.4 is 15.0 Å². The van der Waals surface area contributed by atoms with E-state index in [1.54, 1.807) is 6.07 Å². The van der Waals surface area contributed by atoms with Crippen molar-refractivity contribution in [3.05, 3.63) is 89.4 Å². The highest BCUT2D eigenvalue weighted by Crippen LogP contribution is 2.37. The fourth-order valence-electron chi connectivity index (χ4n) is 4.31. The first-order valence-electron chi connectivity index (χ1n) is 10.7. The van der Waals surface area contributed by atoms with Crippen LogP contribution in [0.4, 0.5) is 15.8 Å². The van der Waals surface area contributed by atoms with E-state index in [2.05, 4.69) is 17.1 Å². The third-order valence-corrected chi connectivity index (χ3v) is 5.72. The topological polar surface area (TPSA) is 83.4 Å². The summed E-state index contributed by atoms with van der Waals surface area (Å²) < 4.78 is 25.1. The van der Waals surface area contributed by atoms with Gasteiger partial charge in [-0.05, 0) is 54.4 Å². The lowest BCUT2D eigenvalue weighted by Gasteiger charge is -2.24. The maximum absolute atomic E-state index is 14.2. The molecule has 0 atom stereocenters. The Hall–Kier alpha value is -4.17. The summed E-state index contributed by atoms with van der Waals surface area (Å²) in [6, 6.07) is 16.0. The van der Waals surface area contributed by atoms with Gasteiger partial charge in [0.1, 0.15) is 11.6 Å². The van der Waals surface area contributed by atoms with Crippen molar-refractivity contribution in [2.24, 2.45) is 5.16 Å². The number of benzene rings is 3. The third kappa shape index (κ3) is 3.88. The van der Waals surface area contributed by atoms with Crippen LogP contribution >= 0.6 is 0 Å². The van der Waals surface area contributed by atoms with Gasteiger partial charge in [0.15, 0.2) is 12.5 Å². The number of carbonyl (C=O) groups excluding carboxylic acids is 1. The predicted molar refractivity (Wildman–Crippen MR) is 127 cm³/mol. The summed E-state index contributed by atoms with van der Waals surface area (Å²) in [5, 5.41) is 16.1. The van der Waals surface area contributed by atoms with Gasteiger partial charge in [-0.1, -0.05) is 29.9 Å². The molecule has 0 saturated carbocycles. The Morgan fingerprint density at radius 2 is 2.03 bits per heavy atom. The average molecular weight is 459 g/mol. The molecule has 5 rings (SSSR count). The largest absolute Gasteiger partial charge is 0.467 e. The third-order valence-electron chi connectivity index (χ3n) is 5.72. The second kappa shape index (κ2) is 8.64. The number of anilines is 2. The Balaban J connectivity index is 1.52. The van der Waals surface area contributed by atoms with E-state index in [-0.39, 0.29) is 25.7 Å². The van der Waals surface area contributed by atoms with E-state index in [9.17, 15) is 14.4 Å². The summed E-state index contributed by atoms with van der Waals surface area (Å²) in [7, 11) is 0. The van der Waals surface area contributed by atoms with Crippen molar-refractivity contribution in [2.75, 3.05) is 17.0 Å². The first-order valence-corrected chi connectivity index (χ1v) is 10.7. The minimum Gasteiger partial charge on any atom is -0.467 e. The molecular weight excluding hydrogens is 437 g/mol. The van der Waals surface area contributed by atoms with Gasteiger partial charge in [-0.2, -0.15) is 0 Å². The molecule has 0 saturated heterocycles. The molecule has 0 spiro atoms. The van der Waals surface area contributed by atoms with Crippen LogP contribution in [0.2, 0.25) is 0 Å². The quantitative estimate of drug-likeness (QED) is 0.413. The Bertz CT molecular complexity index is 1350. The maximum Gasteiger partial charge on any atom is 0.281 e. The number of halogens is 1. The molecule has 0 bridgehead atoms. The fourth-order valence-corrected chi connectivity index (χ4v) is 4.31. The molecular formula is C26H22FN3O4. The number of hydrogen-bond donors (Lipinski definition) is 2. The van der Waals surface area contributed by atoms with Crippen LogP contribution in [0.25, 0.3) is 11.1 Å². The molecule has 172 valence electrons. The lowest BCUT2D eigenvalue weighted by Crippen LogP contribution is -2.30. The summed E-state index contributed by atoms with van der Waals surface area (Å²) in [6.45, 7) is 6.09. The number of hydrogen-bond acceptors (Lipinski definition) is 6. The van der Waals surface area contributed by atoms with E-state index in [0.717, 1.165) is 22.5 Å². The zero-order valence-electron chi connectivity index (χ0n) is 18.5. The van der Waals surface area contributed by atoms with E-state index in [1.807, 2.05) is 43.3 Å². The van der Waals surface area contributed by atoms with Crippen LogP contribution in [-0.2, 0) is 22.7 Å². The molecule has 0 unspecified atom stereocenters. The van der Waals surface area contributed by atoms with Crippen LogP contribution in [0.1, 0.15) is 23.6 Å². The zero-order valence-corrected chi connectivity index (χ0v) is 18.5. The first-order chi connectivity index (χ1) is 16.4. The molecule has 7 nitrogen and oxygen atoms in total. The Morgan fingerprint density at radius 3 is 2.82 bits per heavy atom. The van der Waals surface area contributed by atoms with Crippen LogP contribution in [-0.4, -0.2) is 23.6 Å². The standard InChI is InChI=1S/C26H22FN3O4/c1-15(2)28-21-5-3-4-16(10-21)17-6-7-23-22(11-17)24(29-32)26(31)30(23)12-18-8-20(27)9-19-13-33-14-34-25(18)19/h3-11,28,32H,1,12-14H2,2H3/b29-24-. The Labute approximate surface area is 195 Å². The first kappa shape index (κ1) is 21.7. The summed E-state index contributed by atoms with van der Waals surface area (Å²) in [5.74, 6) is -0.406. The summed E-state index contributed by atoms with van der Waals surface area (Å²) in [4.78, 5) is 14.6. The number of nitrogens with one attached hydrogen (secondary N) is 1. The van der Waals surface area contributed by atoms with Gasteiger partial charge in [0.2, 0.25) is 0 Å². The predicted octanol–water partition coefficient (Wildman–Crippen LogP) is 5.03. The molecule has 3 aromatic carbocycles. The number of ether oxygens (including phenoxy) is 2. The Morgan fingerprint density at radius 1 is 1.21 bits per heavy atom. The highest BCUT2D eigenvalue weighted by molar-refractivity contribution is 6.54. The summed E-state index contributed by atoms with van der Waals surface area (Å²) >= 11 is 0. The number of carbonyl (C=O) groups is 1. The molecule has 0 aliphatic carbocycles. The summed E-state index contributed by atoms with van der Waals surface area (Å²) in [6.07, 6.45) is 0. The van der Waals surface area contributed by atoms with Crippen molar-refractivity contribution in [3.8, 4) is 16.9 Å². The monoisotopic (exact) mass is 459 g/mol. The van der Waals surface area contributed by atoms with E-state index in [4.69, 9.17) is 9.47 Å². The number of rotatable bonds is 5. The Kier molecular flexibility index (Phi) is 5.51. The average Bonchev–Trinajstić information content (AvgIpc) is 3.08. The smallest absolute Gasteiger partial charge is 0.281 e. The van der Waals surface area contributed by atoms with Crippen molar-refractivity contribution in [1.29, 1.82) is 0 Å². The minimum atomic E-state index is -0.475. The second-order valence-electron chi connectivity index (χ2n) is 8.22. The molecule has 34 heavy (non-hydrogen) atoms. The molecule has 2 aliphatic heterocycles. The van der Waals surface area contributed by atoms with Gasteiger partial charge < -0.3 is 24.9 Å². The van der Waals surface area contributed by atoms with Crippen molar-refractivity contribution < 1.29 is 23.9 Å². The minimum absolute atomic E-state index is 0.0577. The van der Waals surface area contributed by atoms with Gasteiger partial charge in [-0.15, -0.1) is 0 Å². The second-order valence-corrected chi connectivity index (χ2v) is 8.22. The van der Waals surface area contributed by atoms with Crippen LogP contribution in [0.5, 0.6) is 5.75 Å². The fraction of sp³-hybridized carbons (Fsp3) is 0.154. The molecule has 0 radical (unpaired) electrons. The zero-order chi connectivity index (χ0) is 23.8. The van der Waals surface area contributed by atoms with Gasteiger partial charge in [-0.25, -0.2) is 4.39 Å². The molecule has 1 amide bonds. The number of nitrogens with zero attached hydrogens (tertiary/aromatic N) is 2. The van der Waals surface area contributed by atoms with Crippen LogP contribution in [0.3, 0.4) is 0 Å². The maximum atomic E-state index is 14.2. The molecule has 8 heteroatoms. The van der Waals surface area contributed by atoms with Crippen molar-refractivity contribution in [2.45, 2.75) is 20.1 Å². The SMILES string of the molecule is C=C(C)Nc1cccc(-c2ccc3c(c2)/C(=N/O)C(=O)N3Cc2cc(F)cc3c2OCOC3)c1. The van der Waals surface area contributed by atoms with Crippen LogP contribution in [0, 0.1) is 5.82 Å². The lowest BCUT2D eigenvalue weighted by molar-refractivity contribution is -0.112. The van der Waals surface area contributed by atoms with E-state index in [1.165, 1.54) is 17.0 Å². The molecule has 0 fully saturated rings. The van der Waals surface area contributed by atoms with E-state index >= 15 is 0 Å². The van der Waals surface area contributed by atoms with Gasteiger partial charge in [0.25, 0.3) is 5.91 Å². The van der Waals surface area contributed by atoms with E-state index in [0.29, 0.717) is 28.1 Å². The molecule has 2 N–H and O–H groups in total. The lowest BCUT2D eigenvalue weighted by atomic mass is 10.0. The van der Waals surface area contributed by atoms with Crippen molar-refractivity contribution >= 4 is 23.0 Å². The highest BCUT2D eigenvalue weighted by Gasteiger charge is 2.36. The molecule has 3 aromatic rings. The number of amides is 1. The normalized spacial score (nSPS) is 15.6. The van der Waals surface area contributed by atoms with E-state index < -0.39 is 11.7 Å². The van der Waals surface area contributed by atoms with Gasteiger partial charge in [0, 0.05) is 28.1 Å². The number of fused-ring (bicyclic) bond motifs is 2. The van der Waals surface area contributed by atoms with Gasteiger partial charge in [0.05, 0.1) is 18.8 Å². The van der Waals surface area contributed by atoms with Crippen molar-refractivity contribution in [3.63, 3.8) is 0 Å². The van der Waals surface area contributed by atoms with Crippen LogP contribution in [0.15, 0.2) is 72.0 Å². The highest BCUT2D eigenvalue weighted by atomic mass is 19.1. The van der Waals surface area contributed by atoms with Crippen molar-refractivity contribution in [1.82, 2.24) is 0 Å². The van der Waals surface area contributed by atoms with Gasteiger partial charge in [-0.3, -0.25) is 4.79 Å². The van der Waals surface area contributed by atoms with Gasteiger partial charge >= 0.3 is 0 Å². The molecule has 2 heterocycles.